The molecule has 3 heteroatoms. The molecule has 1 N–H and O–H groups in total. The maximum atomic E-state index is 5.67. The molecule has 3 nitrogen and oxygen atoms in total. The number of ether oxygens (including phenoxy) is 1. The third kappa shape index (κ3) is 1.92. The minimum atomic E-state index is 0.0952. The van der Waals surface area contributed by atoms with Crippen molar-refractivity contribution < 1.29 is 9.15 Å². The van der Waals surface area contributed by atoms with Gasteiger partial charge in [0.2, 0.25) is 0 Å². The van der Waals surface area contributed by atoms with E-state index in [4.69, 9.17) is 9.15 Å². The summed E-state index contributed by atoms with van der Waals surface area (Å²) in [6.07, 6.45) is 2.90. The number of morpholine rings is 1. The van der Waals surface area contributed by atoms with Crippen LogP contribution in [-0.4, -0.2) is 19.2 Å². The maximum Gasteiger partial charge on any atom is 0.133 e. The van der Waals surface area contributed by atoms with Crippen molar-refractivity contribution in [2.45, 2.75) is 25.5 Å². The zero-order valence-corrected chi connectivity index (χ0v) is 7.82. The number of rotatable bonds is 2. The summed E-state index contributed by atoms with van der Waals surface area (Å²) < 4.78 is 10.9. The number of furan rings is 1. The number of hydrogen-bond donors (Lipinski definition) is 1. The fraction of sp³-hybridized carbons (Fsp3) is 0.600. The van der Waals surface area contributed by atoms with E-state index in [0.717, 1.165) is 25.3 Å². The van der Waals surface area contributed by atoms with E-state index >= 15 is 0 Å². The average molecular weight is 181 g/mol. The van der Waals surface area contributed by atoms with Crippen LogP contribution in [0.5, 0.6) is 0 Å². The van der Waals surface area contributed by atoms with Crippen molar-refractivity contribution in [3.63, 3.8) is 0 Å². The Morgan fingerprint density at radius 1 is 1.62 bits per heavy atom. The van der Waals surface area contributed by atoms with Gasteiger partial charge in [-0.15, -0.1) is 0 Å². The summed E-state index contributed by atoms with van der Waals surface area (Å²) in [7, 11) is 0. The van der Waals surface area contributed by atoms with Gasteiger partial charge in [-0.05, 0) is 18.6 Å². The summed E-state index contributed by atoms with van der Waals surface area (Å²) >= 11 is 0. The molecular formula is C10H15NO2. The summed E-state index contributed by atoms with van der Waals surface area (Å²) in [5, 5.41) is 3.42. The van der Waals surface area contributed by atoms with Crippen molar-refractivity contribution in [3.05, 3.63) is 24.2 Å². The van der Waals surface area contributed by atoms with Crippen molar-refractivity contribution >= 4 is 0 Å². The van der Waals surface area contributed by atoms with E-state index in [1.54, 1.807) is 6.26 Å². The first-order valence-corrected chi connectivity index (χ1v) is 4.78. The molecule has 2 rings (SSSR count). The lowest BCUT2D eigenvalue weighted by atomic mass is 10.1. The second-order valence-electron chi connectivity index (χ2n) is 3.35. The zero-order chi connectivity index (χ0) is 9.10. The number of nitrogens with one attached hydrogen (secondary N) is 1. The van der Waals surface area contributed by atoms with Crippen LogP contribution in [0, 0.1) is 0 Å². The van der Waals surface area contributed by atoms with Gasteiger partial charge in [0.05, 0.1) is 12.9 Å². The Kier molecular flexibility index (Phi) is 2.66. The first kappa shape index (κ1) is 8.78. The summed E-state index contributed by atoms with van der Waals surface area (Å²) in [5.74, 6) is 0.919. The van der Waals surface area contributed by atoms with E-state index < -0.39 is 0 Å². The molecule has 2 heterocycles. The van der Waals surface area contributed by atoms with E-state index in [9.17, 15) is 0 Å². The van der Waals surface area contributed by atoms with Crippen LogP contribution in [0.25, 0.3) is 0 Å². The quantitative estimate of drug-likeness (QED) is 0.754. The van der Waals surface area contributed by atoms with Crippen LogP contribution in [0.3, 0.4) is 0 Å². The van der Waals surface area contributed by atoms with Crippen molar-refractivity contribution in [2.75, 3.05) is 13.2 Å². The summed E-state index contributed by atoms with van der Waals surface area (Å²) in [4.78, 5) is 0. The van der Waals surface area contributed by atoms with Crippen molar-refractivity contribution in [1.29, 1.82) is 0 Å². The van der Waals surface area contributed by atoms with Gasteiger partial charge in [0.25, 0.3) is 0 Å². The molecule has 1 aromatic rings. The van der Waals surface area contributed by atoms with Gasteiger partial charge < -0.3 is 14.5 Å². The largest absolute Gasteiger partial charge is 0.467 e. The summed E-state index contributed by atoms with van der Waals surface area (Å²) in [6, 6.07) is 4.36. The Morgan fingerprint density at radius 3 is 3.08 bits per heavy atom. The van der Waals surface area contributed by atoms with E-state index in [1.165, 1.54) is 0 Å². The number of hydrogen-bond acceptors (Lipinski definition) is 3. The molecule has 0 bridgehead atoms. The van der Waals surface area contributed by atoms with E-state index in [2.05, 4.69) is 12.2 Å². The minimum absolute atomic E-state index is 0.0952. The molecule has 0 spiro atoms. The SMILES string of the molecule is CCC1COC(c2ccco2)CN1. The fourth-order valence-electron chi connectivity index (χ4n) is 1.54. The molecule has 0 saturated carbocycles. The van der Waals surface area contributed by atoms with Crippen LogP contribution >= 0.6 is 0 Å². The molecule has 1 saturated heterocycles. The maximum absolute atomic E-state index is 5.67. The van der Waals surface area contributed by atoms with E-state index in [1.807, 2.05) is 12.1 Å². The molecule has 13 heavy (non-hydrogen) atoms. The lowest BCUT2D eigenvalue weighted by Crippen LogP contribution is -2.42. The predicted octanol–water partition coefficient (Wildman–Crippen LogP) is 1.72. The van der Waals surface area contributed by atoms with Gasteiger partial charge in [-0.25, -0.2) is 0 Å². The molecule has 0 amide bonds. The minimum Gasteiger partial charge on any atom is -0.467 e. The van der Waals surface area contributed by atoms with E-state index in [0.29, 0.717) is 6.04 Å². The first-order chi connectivity index (χ1) is 6.40. The van der Waals surface area contributed by atoms with Gasteiger partial charge in [0.1, 0.15) is 11.9 Å². The third-order valence-electron chi connectivity index (χ3n) is 2.44. The van der Waals surface area contributed by atoms with Crippen LogP contribution in [-0.2, 0) is 4.74 Å². The highest BCUT2D eigenvalue weighted by Crippen LogP contribution is 2.20. The molecule has 0 aromatic carbocycles. The Morgan fingerprint density at radius 2 is 2.54 bits per heavy atom. The zero-order valence-electron chi connectivity index (χ0n) is 7.82. The van der Waals surface area contributed by atoms with E-state index in [-0.39, 0.29) is 6.10 Å². The normalized spacial score (nSPS) is 29.0. The molecule has 2 atom stereocenters. The molecule has 1 aromatic heterocycles. The molecule has 0 radical (unpaired) electrons. The van der Waals surface area contributed by atoms with Gasteiger partial charge in [-0.2, -0.15) is 0 Å². The van der Waals surface area contributed by atoms with Gasteiger partial charge in [0, 0.05) is 12.6 Å². The lowest BCUT2D eigenvalue weighted by molar-refractivity contribution is -0.00936. The van der Waals surface area contributed by atoms with Gasteiger partial charge >= 0.3 is 0 Å². The Labute approximate surface area is 78.1 Å². The summed E-state index contributed by atoms with van der Waals surface area (Å²) in [5.41, 5.74) is 0. The standard InChI is InChI=1S/C10H15NO2/c1-2-8-7-13-10(6-11-8)9-4-3-5-12-9/h3-5,8,10-11H,2,6-7H2,1H3. The van der Waals surface area contributed by atoms with Crippen molar-refractivity contribution in [2.24, 2.45) is 0 Å². The Balaban J connectivity index is 1.92. The van der Waals surface area contributed by atoms with Gasteiger partial charge in [-0.1, -0.05) is 6.92 Å². The third-order valence-corrected chi connectivity index (χ3v) is 2.44. The van der Waals surface area contributed by atoms with Crippen molar-refractivity contribution in [3.8, 4) is 0 Å². The second-order valence-corrected chi connectivity index (χ2v) is 3.35. The van der Waals surface area contributed by atoms with Crippen molar-refractivity contribution in [1.82, 2.24) is 5.32 Å². The van der Waals surface area contributed by atoms with Crippen LogP contribution in [0.2, 0.25) is 0 Å². The topological polar surface area (TPSA) is 34.4 Å². The molecule has 1 aliphatic heterocycles. The second kappa shape index (κ2) is 3.94. The highest BCUT2D eigenvalue weighted by molar-refractivity contribution is 5.03. The molecule has 2 unspecified atom stereocenters. The molecule has 1 aliphatic rings. The predicted molar refractivity (Wildman–Crippen MR) is 49.5 cm³/mol. The first-order valence-electron chi connectivity index (χ1n) is 4.78. The highest BCUT2D eigenvalue weighted by Gasteiger charge is 2.22. The molecule has 1 fully saturated rings. The van der Waals surface area contributed by atoms with Crippen LogP contribution in [0.1, 0.15) is 25.2 Å². The smallest absolute Gasteiger partial charge is 0.133 e. The summed E-state index contributed by atoms with van der Waals surface area (Å²) in [6.45, 7) is 3.79. The molecule has 0 aliphatic carbocycles. The molecular weight excluding hydrogens is 166 g/mol. The average Bonchev–Trinajstić information content (AvgIpc) is 2.71. The Bertz CT molecular complexity index is 237. The Hall–Kier alpha value is -0.800. The van der Waals surface area contributed by atoms with Gasteiger partial charge in [-0.3, -0.25) is 0 Å². The highest BCUT2D eigenvalue weighted by atomic mass is 16.5. The monoisotopic (exact) mass is 181 g/mol. The van der Waals surface area contributed by atoms with Gasteiger partial charge in [0.15, 0.2) is 0 Å². The lowest BCUT2D eigenvalue weighted by Gasteiger charge is -2.28. The fourth-order valence-corrected chi connectivity index (χ4v) is 1.54. The van der Waals surface area contributed by atoms with Crippen LogP contribution in [0.4, 0.5) is 0 Å². The van der Waals surface area contributed by atoms with Crippen LogP contribution < -0.4 is 5.32 Å². The van der Waals surface area contributed by atoms with Crippen LogP contribution in [0.15, 0.2) is 22.8 Å². The molecule has 72 valence electrons.